The monoisotopic (exact) mass is 410 g/mol. The van der Waals surface area contributed by atoms with Crippen LogP contribution in [0.15, 0.2) is 46.2 Å². The molecular formula is C21H23FN6O2. The zero-order chi connectivity index (χ0) is 20.9. The lowest BCUT2D eigenvalue weighted by molar-refractivity contribution is 0.246. The maximum atomic E-state index is 13.1. The first-order valence-corrected chi connectivity index (χ1v) is 10.1. The summed E-state index contributed by atoms with van der Waals surface area (Å²) in [7, 11) is 1.91. The molecule has 1 aromatic carbocycles. The summed E-state index contributed by atoms with van der Waals surface area (Å²) in [5.41, 5.74) is 0.670. The van der Waals surface area contributed by atoms with E-state index in [4.69, 9.17) is 0 Å². The number of aromatic nitrogens is 5. The first-order valence-electron chi connectivity index (χ1n) is 10.1. The lowest BCUT2D eigenvalue weighted by Gasteiger charge is -2.22. The average Bonchev–Trinajstić information content (AvgIpc) is 3.41. The van der Waals surface area contributed by atoms with Crippen LogP contribution >= 0.6 is 0 Å². The first kappa shape index (κ1) is 18.9. The molecule has 1 saturated heterocycles. The van der Waals surface area contributed by atoms with Gasteiger partial charge in [-0.05, 0) is 30.7 Å². The molecule has 9 heteroatoms. The molecule has 2 aliphatic rings. The van der Waals surface area contributed by atoms with Crippen LogP contribution in [0.25, 0.3) is 0 Å². The van der Waals surface area contributed by atoms with E-state index in [2.05, 4.69) is 15.1 Å². The molecule has 1 unspecified atom stereocenters. The predicted octanol–water partition coefficient (Wildman–Crippen LogP) is 0.774. The fourth-order valence-corrected chi connectivity index (χ4v) is 4.72. The zero-order valence-corrected chi connectivity index (χ0v) is 16.8. The smallest absolute Gasteiger partial charge is 0.298 e. The predicted molar refractivity (Wildman–Crippen MR) is 107 cm³/mol. The molecule has 8 nitrogen and oxygen atoms in total. The summed E-state index contributed by atoms with van der Waals surface area (Å²) < 4.78 is 17.7. The van der Waals surface area contributed by atoms with Crippen LogP contribution in [0.4, 0.5) is 4.39 Å². The van der Waals surface area contributed by atoms with Gasteiger partial charge in [0.05, 0.1) is 12.7 Å². The molecule has 0 radical (unpaired) electrons. The molecule has 2 aromatic heterocycles. The van der Waals surface area contributed by atoms with Crippen LogP contribution in [0, 0.1) is 11.2 Å². The molecule has 156 valence electrons. The normalized spacial score (nSPS) is 20.9. The van der Waals surface area contributed by atoms with Crippen molar-refractivity contribution in [3.8, 4) is 0 Å². The minimum absolute atomic E-state index is 0.0666. The molecule has 1 spiro atoms. The number of benzene rings is 1. The number of halogens is 1. The maximum Gasteiger partial charge on any atom is 0.332 e. The Kier molecular flexibility index (Phi) is 4.43. The van der Waals surface area contributed by atoms with E-state index in [1.807, 2.05) is 19.4 Å². The van der Waals surface area contributed by atoms with E-state index in [1.54, 1.807) is 21.4 Å². The maximum absolute atomic E-state index is 13.1. The van der Waals surface area contributed by atoms with Crippen molar-refractivity contribution in [1.29, 1.82) is 0 Å². The van der Waals surface area contributed by atoms with E-state index in [1.165, 1.54) is 22.4 Å². The fraction of sp³-hybridized carbons (Fsp3) is 0.429. The van der Waals surface area contributed by atoms with Gasteiger partial charge in [0, 0.05) is 50.3 Å². The summed E-state index contributed by atoms with van der Waals surface area (Å²) in [5.74, 6) is 0.317. The highest BCUT2D eigenvalue weighted by Crippen LogP contribution is 2.39. The standard InChI is InChI=1S/C21H23FN6O2/c1-25-10-16(9-23-25)11-26-7-6-21(13-26)8-18-24-28(20(30)19(29)27(18)14-21)12-15-2-4-17(22)5-3-15/h2-5,9-10H,6-8,11-14H2,1H3. The Morgan fingerprint density at radius 2 is 1.87 bits per heavy atom. The Hall–Kier alpha value is -3.07. The van der Waals surface area contributed by atoms with Gasteiger partial charge in [-0.2, -0.15) is 10.2 Å². The van der Waals surface area contributed by atoms with Crippen molar-refractivity contribution >= 4 is 0 Å². The Balaban J connectivity index is 1.36. The third-order valence-electron chi connectivity index (χ3n) is 6.16. The van der Waals surface area contributed by atoms with Gasteiger partial charge in [-0.15, -0.1) is 0 Å². The van der Waals surface area contributed by atoms with E-state index in [-0.39, 0.29) is 17.8 Å². The highest BCUT2D eigenvalue weighted by atomic mass is 19.1. The van der Waals surface area contributed by atoms with Crippen LogP contribution < -0.4 is 11.1 Å². The second kappa shape index (κ2) is 7.02. The third-order valence-corrected chi connectivity index (χ3v) is 6.16. The lowest BCUT2D eigenvalue weighted by Crippen LogP contribution is -2.43. The van der Waals surface area contributed by atoms with Gasteiger partial charge in [0.2, 0.25) is 0 Å². The van der Waals surface area contributed by atoms with Gasteiger partial charge in [-0.25, -0.2) is 9.07 Å². The van der Waals surface area contributed by atoms with Crippen LogP contribution in [-0.2, 0) is 33.1 Å². The Bertz CT molecular complexity index is 1210. The van der Waals surface area contributed by atoms with Crippen molar-refractivity contribution < 1.29 is 4.39 Å². The molecule has 0 aliphatic carbocycles. The summed E-state index contributed by atoms with van der Waals surface area (Å²) in [4.78, 5) is 27.7. The van der Waals surface area contributed by atoms with E-state index in [0.717, 1.165) is 31.6 Å². The number of hydrogen-bond acceptors (Lipinski definition) is 5. The number of fused-ring (bicyclic) bond motifs is 1. The Morgan fingerprint density at radius 3 is 2.60 bits per heavy atom. The molecule has 0 N–H and O–H groups in total. The third kappa shape index (κ3) is 3.39. The van der Waals surface area contributed by atoms with Gasteiger partial charge < -0.3 is 0 Å². The van der Waals surface area contributed by atoms with Crippen LogP contribution in [0.2, 0.25) is 0 Å². The number of rotatable bonds is 4. The Labute approximate surface area is 172 Å². The van der Waals surface area contributed by atoms with Crippen LogP contribution in [0.1, 0.15) is 23.4 Å². The summed E-state index contributed by atoms with van der Waals surface area (Å²) in [5, 5.41) is 8.73. The lowest BCUT2D eigenvalue weighted by atomic mass is 9.86. The molecule has 0 saturated carbocycles. The van der Waals surface area contributed by atoms with Crippen molar-refractivity contribution in [2.75, 3.05) is 13.1 Å². The van der Waals surface area contributed by atoms with Crippen LogP contribution in [-0.4, -0.2) is 42.1 Å². The van der Waals surface area contributed by atoms with Gasteiger partial charge in [-0.1, -0.05) is 12.1 Å². The van der Waals surface area contributed by atoms with E-state index in [0.29, 0.717) is 18.8 Å². The zero-order valence-electron chi connectivity index (χ0n) is 16.8. The highest BCUT2D eigenvalue weighted by Gasteiger charge is 2.44. The van der Waals surface area contributed by atoms with Crippen LogP contribution in [0.3, 0.4) is 0 Å². The number of likely N-dealkylation sites (tertiary alicyclic amines) is 1. The topological polar surface area (TPSA) is 78.0 Å². The average molecular weight is 410 g/mol. The fourth-order valence-electron chi connectivity index (χ4n) is 4.72. The molecule has 5 rings (SSSR count). The highest BCUT2D eigenvalue weighted by molar-refractivity contribution is 5.16. The Morgan fingerprint density at radius 1 is 1.07 bits per heavy atom. The largest absolute Gasteiger partial charge is 0.332 e. The molecule has 30 heavy (non-hydrogen) atoms. The van der Waals surface area contributed by atoms with Crippen LogP contribution in [0.5, 0.6) is 0 Å². The summed E-state index contributed by atoms with van der Waals surface area (Å²) in [6, 6.07) is 5.88. The van der Waals surface area contributed by atoms with Gasteiger partial charge in [-0.3, -0.25) is 23.7 Å². The van der Waals surface area contributed by atoms with Gasteiger partial charge in [0.25, 0.3) is 0 Å². The van der Waals surface area contributed by atoms with Crippen molar-refractivity contribution in [2.45, 2.75) is 32.5 Å². The number of aryl methyl sites for hydroxylation is 1. The second-order valence-electron chi connectivity index (χ2n) is 8.56. The number of hydrogen-bond donors (Lipinski definition) is 0. The van der Waals surface area contributed by atoms with Crippen molar-refractivity contribution in [3.05, 3.63) is 80.1 Å². The molecule has 4 heterocycles. The van der Waals surface area contributed by atoms with Gasteiger partial charge in [0.15, 0.2) is 0 Å². The van der Waals surface area contributed by atoms with E-state index < -0.39 is 11.1 Å². The molecule has 3 aromatic rings. The minimum atomic E-state index is -0.634. The SMILES string of the molecule is Cn1cc(CN2CCC3(Cc4nn(Cc5ccc(F)cc5)c(=O)c(=O)n4C3)C2)cn1. The van der Waals surface area contributed by atoms with Crippen molar-refractivity contribution in [2.24, 2.45) is 12.5 Å². The first-order chi connectivity index (χ1) is 14.4. The molecule has 1 atom stereocenters. The van der Waals surface area contributed by atoms with Gasteiger partial charge >= 0.3 is 11.1 Å². The summed E-state index contributed by atoms with van der Waals surface area (Å²) >= 11 is 0. The van der Waals surface area contributed by atoms with E-state index in [9.17, 15) is 14.0 Å². The summed E-state index contributed by atoms with van der Waals surface area (Å²) in [6.07, 6.45) is 5.53. The summed E-state index contributed by atoms with van der Waals surface area (Å²) in [6.45, 7) is 3.31. The van der Waals surface area contributed by atoms with Crippen molar-refractivity contribution in [1.82, 2.24) is 29.0 Å². The van der Waals surface area contributed by atoms with E-state index >= 15 is 0 Å². The molecule has 0 bridgehead atoms. The van der Waals surface area contributed by atoms with Crippen molar-refractivity contribution in [3.63, 3.8) is 0 Å². The second-order valence-corrected chi connectivity index (χ2v) is 8.56. The molecule has 2 aliphatic heterocycles. The quantitative estimate of drug-likeness (QED) is 0.594. The molecular weight excluding hydrogens is 387 g/mol. The molecule has 1 fully saturated rings. The van der Waals surface area contributed by atoms with Gasteiger partial charge in [0.1, 0.15) is 11.6 Å². The molecule has 0 amide bonds. The number of nitrogens with zero attached hydrogens (tertiary/aromatic N) is 6. The minimum Gasteiger partial charge on any atom is -0.298 e.